The van der Waals surface area contributed by atoms with E-state index in [0.717, 1.165) is 15.6 Å². The quantitative estimate of drug-likeness (QED) is 0.367. The normalized spacial score (nSPS) is 13.8. The fourth-order valence-electron chi connectivity index (χ4n) is 3.87. The number of methoxy groups -OCH3 is 1. The van der Waals surface area contributed by atoms with E-state index in [1.807, 2.05) is 36.4 Å². The average Bonchev–Trinajstić information content (AvgIpc) is 2.84. The lowest BCUT2D eigenvalue weighted by molar-refractivity contribution is 0.100. The van der Waals surface area contributed by atoms with E-state index >= 15 is 0 Å². The molecule has 0 bridgehead atoms. The molecule has 0 aliphatic carbocycles. The highest BCUT2D eigenvalue weighted by Crippen LogP contribution is 2.34. The van der Waals surface area contributed by atoms with E-state index in [1.54, 1.807) is 21.0 Å². The number of ether oxygens (including phenoxy) is 1. The van der Waals surface area contributed by atoms with Gasteiger partial charge < -0.3 is 21.1 Å². The zero-order valence-corrected chi connectivity index (χ0v) is 22.5. The summed E-state index contributed by atoms with van der Waals surface area (Å²) in [4.78, 5) is 20.7. The summed E-state index contributed by atoms with van der Waals surface area (Å²) in [6.45, 7) is 4.05. The fraction of sp³-hybridized carbons (Fsp3) is 0.292. The molecule has 0 radical (unpaired) electrons. The number of carbonyl (C=O) groups is 1. The smallest absolute Gasteiger partial charge is 0.254 e. The van der Waals surface area contributed by atoms with Crippen LogP contribution in [0.3, 0.4) is 0 Å². The van der Waals surface area contributed by atoms with Gasteiger partial charge in [-0.25, -0.2) is 13.4 Å². The van der Waals surface area contributed by atoms with Gasteiger partial charge in [-0.1, -0.05) is 12.1 Å². The standard InChI is InChI=1S/C24H27BrN6O4S/c1-14(2)36(33,34)31-9-8-15-11-21(35-3)20(10-16(15)13-31)29-24-27-12-17(22(26)32)23(30-24)28-19-7-5-4-6-18(19)25/h4-7,10-12,14H,8-9,13H2,1-3H3,(H2,26,32)(H2,27,28,29,30). The molecule has 10 nitrogen and oxygen atoms in total. The number of nitrogens with one attached hydrogen (secondary N) is 2. The highest BCUT2D eigenvalue weighted by molar-refractivity contribution is 9.10. The van der Waals surface area contributed by atoms with Crippen molar-refractivity contribution < 1.29 is 17.9 Å². The summed E-state index contributed by atoms with van der Waals surface area (Å²) >= 11 is 3.47. The van der Waals surface area contributed by atoms with Crippen LogP contribution in [0.2, 0.25) is 0 Å². The Labute approximate surface area is 218 Å². The SMILES string of the molecule is COc1cc2c(cc1Nc1ncc(C(N)=O)c(Nc3ccccc3Br)n1)CN(S(=O)(=O)C(C)C)CC2. The third-order valence-electron chi connectivity index (χ3n) is 5.88. The number of carbonyl (C=O) groups excluding carboxylic acids is 1. The first-order chi connectivity index (χ1) is 17.1. The maximum Gasteiger partial charge on any atom is 0.254 e. The van der Waals surface area contributed by atoms with Crippen LogP contribution in [0, 0.1) is 0 Å². The van der Waals surface area contributed by atoms with Crippen LogP contribution in [0.25, 0.3) is 0 Å². The molecule has 190 valence electrons. The summed E-state index contributed by atoms with van der Waals surface area (Å²) in [6, 6.07) is 11.1. The van der Waals surface area contributed by atoms with Crippen LogP contribution in [0.5, 0.6) is 5.75 Å². The number of benzene rings is 2. The molecular weight excluding hydrogens is 548 g/mol. The molecule has 0 fully saturated rings. The molecule has 0 unspecified atom stereocenters. The molecule has 0 atom stereocenters. The second kappa shape index (κ2) is 10.4. The first-order valence-electron chi connectivity index (χ1n) is 11.2. The van der Waals surface area contributed by atoms with Gasteiger partial charge in [0.2, 0.25) is 16.0 Å². The van der Waals surface area contributed by atoms with Gasteiger partial charge in [-0.3, -0.25) is 4.79 Å². The summed E-state index contributed by atoms with van der Waals surface area (Å²) in [6.07, 6.45) is 1.93. The Morgan fingerprint density at radius 2 is 1.92 bits per heavy atom. The maximum absolute atomic E-state index is 12.7. The van der Waals surface area contributed by atoms with Gasteiger partial charge in [0.25, 0.3) is 5.91 Å². The number of nitrogens with two attached hydrogens (primary N) is 1. The number of halogens is 1. The largest absolute Gasteiger partial charge is 0.495 e. The van der Waals surface area contributed by atoms with Crippen molar-refractivity contribution >= 4 is 55.0 Å². The molecule has 0 saturated heterocycles. The molecule has 12 heteroatoms. The first kappa shape index (κ1) is 25.9. The Hall–Kier alpha value is -3.22. The van der Waals surface area contributed by atoms with Crippen molar-refractivity contribution in [1.29, 1.82) is 0 Å². The van der Waals surface area contributed by atoms with Crippen LogP contribution in [-0.4, -0.2) is 47.5 Å². The van der Waals surface area contributed by atoms with Crippen molar-refractivity contribution in [3.05, 3.63) is 63.8 Å². The Kier molecular flexibility index (Phi) is 7.48. The molecule has 1 amide bonds. The molecule has 4 N–H and O–H groups in total. The van der Waals surface area contributed by atoms with Gasteiger partial charge in [-0.15, -0.1) is 0 Å². The summed E-state index contributed by atoms with van der Waals surface area (Å²) in [5.41, 5.74) is 8.82. The first-order valence-corrected chi connectivity index (χ1v) is 13.5. The van der Waals surface area contributed by atoms with Gasteiger partial charge in [-0.2, -0.15) is 9.29 Å². The van der Waals surface area contributed by atoms with Crippen LogP contribution in [0.15, 0.2) is 47.1 Å². The lowest BCUT2D eigenvalue weighted by Gasteiger charge is -2.30. The van der Waals surface area contributed by atoms with E-state index in [-0.39, 0.29) is 23.9 Å². The zero-order valence-electron chi connectivity index (χ0n) is 20.1. The Balaban J connectivity index is 1.67. The monoisotopic (exact) mass is 574 g/mol. The summed E-state index contributed by atoms with van der Waals surface area (Å²) < 4.78 is 33.3. The number of anilines is 4. The van der Waals surface area contributed by atoms with Crippen molar-refractivity contribution in [2.24, 2.45) is 5.73 Å². The number of para-hydroxylation sites is 1. The van der Waals surface area contributed by atoms with E-state index < -0.39 is 21.2 Å². The molecule has 36 heavy (non-hydrogen) atoms. The molecule has 1 aliphatic heterocycles. The van der Waals surface area contributed by atoms with Crippen molar-refractivity contribution in [1.82, 2.24) is 14.3 Å². The number of rotatable bonds is 8. The number of hydrogen-bond acceptors (Lipinski definition) is 8. The summed E-state index contributed by atoms with van der Waals surface area (Å²) in [5.74, 6) is 0.332. The molecular formula is C24H27BrN6O4S. The summed E-state index contributed by atoms with van der Waals surface area (Å²) in [5, 5.41) is 5.76. The van der Waals surface area contributed by atoms with Crippen LogP contribution < -0.4 is 21.1 Å². The predicted molar refractivity (Wildman–Crippen MR) is 142 cm³/mol. The average molecular weight is 575 g/mol. The molecule has 1 aromatic heterocycles. The second-order valence-corrected chi connectivity index (χ2v) is 11.9. The highest BCUT2D eigenvalue weighted by Gasteiger charge is 2.30. The van der Waals surface area contributed by atoms with Crippen LogP contribution >= 0.6 is 15.9 Å². The van der Waals surface area contributed by atoms with Gasteiger partial charge >= 0.3 is 0 Å². The molecule has 0 spiro atoms. The number of nitrogens with zero attached hydrogens (tertiary/aromatic N) is 3. The number of amides is 1. The van der Waals surface area contributed by atoms with E-state index in [2.05, 4.69) is 36.5 Å². The zero-order chi connectivity index (χ0) is 26.0. The fourth-order valence-corrected chi connectivity index (χ4v) is 5.52. The van der Waals surface area contributed by atoms with Gasteiger partial charge in [-0.05, 0) is 71.6 Å². The second-order valence-electron chi connectivity index (χ2n) is 8.55. The van der Waals surface area contributed by atoms with Gasteiger partial charge in [0, 0.05) is 23.8 Å². The topological polar surface area (TPSA) is 140 Å². The molecule has 2 aromatic carbocycles. The third-order valence-corrected chi connectivity index (χ3v) is 8.80. The number of primary amides is 1. The van der Waals surface area contributed by atoms with E-state index in [0.29, 0.717) is 30.1 Å². The van der Waals surface area contributed by atoms with Crippen molar-refractivity contribution in [3.63, 3.8) is 0 Å². The Morgan fingerprint density at radius 1 is 1.17 bits per heavy atom. The maximum atomic E-state index is 12.7. The van der Waals surface area contributed by atoms with Gasteiger partial charge in [0.15, 0.2) is 0 Å². The van der Waals surface area contributed by atoms with Crippen molar-refractivity contribution in [2.45, 2.75) is 32.1 Å². The van der Waals surface area contributed by atoms with Crippen LogP contribution in [0.4, 0.5) is 23.1 Å². The third kappa shape index (κ3) is 5.30. The lowest BCUT2D eigenvalue weighted by atomic mass is 9.99. The molecule has 4 rings (SSSR count). The molecule has 1 aliphatic rings. The van der Waals surface area contributed by atoms with Crippen LogP contribution in [0.1, 0.15) is 35.3 Å². The van der Waals surface area contributed by atoms with Crippen LogP contribution in [-0.2, 0) is 23.0 Å². The molecule has 2 heterocycles. The predicted octanol–water partition coefficient (Wildman–Crippen LogP) is 3.93. The van der Waals surface area contributed by atoms with Gasteiger partial charge in [0.05, 0.1) is 23.7 Å². The number of aromatic nitrogens is 2. The Morgan fingerprint density at radius 3 is 2.58 bits per heavy atom. The van der Waals surface area contributed by atoms with E-state index in [1.165, 1.54) is 10.5 Å². The summed E-state index contributed by atoms with van der Waals surface area (Å²) in [7, 11) is -1.82. The number of sulfonamides is 1. The van der Waals surface area contributed by atoms with Crippen molar-refractivity contribution in [3.8, 4) is 5.75 Å². The molecule has 0 saturated carbocycles. The minimum atomic E-state index is -3.38. The lowest BCUT2D eigenvalue weighted by Crippen LogP contribution is -2.39. The van der Waals surface area contributed by atoms with Gasteiger partial charge in [0.1, 0.15) is 17.1 Å². The Bertz CT molecular complexity index is 1410. The number of fused-ring (bicyclic) bond motifs is 1. The van der Waals surface area contributed by atoms with E-state index in [9.17, 15) is 13.2 Å². The molecule has 3 aromatic rings. The highest BCUT2D eigenvalue weighted by atomic mass is 79.9. The number of hydrogen-bond donors (Lipinski definition) is 3. The minimum Gasteiger partial charge on any atom is -0.495 e. The van der Waals surface area contributed by atoms with E-state index in [4.69, 9.17) is 10.5 Å². The van der Waals surface area contributed by atoms with Crippen molar-refractivity contribution in [2.75, 3.05) is 24.3 Å². The minimum absolute atomic E-state index is 0.128.